The molecule has 2 amide bonds. The van der Waals surface area contributed by atoms with Crippen molar-refractivity contribution in [2.45, 2.75) is 25.8 Å². The third-order valence-corrected chi connectivity index (χ3v) is 2.91. The fraction of sp³-hybridized carbons (Fsp3) is 0.700. The molecule has 2 aliphatic heterocycles. The SMILES string of the molecule is CCN1CCCC(N=C2NC(=O)C(=O)N2)C1. The van der Waals surface area contributed by atoms with Crippen LogP contribution in [0, 0.1) is 0 Å². The molecule has 2 saturated heterocycles. The predicted molar refractivity (Wildman–Crippen MR) is 58.9 cm³/mol. The molecule has 0 bridgehead atoms. The van der Waals surface area contributed by atoms with Crippen molar-refractivity contribution in [2.75, 3.05) is 19.6 Å². The zero-order valence-corrected chi connectivity index (χ0v) is 9.32. The van der Waals surface area contributed by atoms with Gasteiger partial charge in [-0.3, -0.25) is 20.2 Å². The molecule has 2 heterocycles. The van der Waals surface area contributed by atoms with E-state index in [1.807, 2.05) is 0 Å². The van der Waals surface area contributed by atoms with Crippen LogP contribution < -0.4 is 10.6 Å². The van der Waals surface area contributed by atoms with Gasteiger partial charge >= 0.3 is 11.8 Å². The zero-order valence-electron chi connectivity index (χ0n) is 9.32. The third kappa shape index (κ3) is 2.38. The van der Waals surface area contributed by atoms with E-state index >= 15 is 0 Å². The number of aliphatic imine (C=N–C) groups is 1. The van der Waals surface area contributed by atoms with E-state index in [0.717, 1.165) is 32.5 Å². The van der Waals surface area contributed by atoms with Crippen LogP contribution in [-0.2, 0) is 9.59 Å². The average Bonchev–Trinajstić information content (AvgIpc) is 2.58. The number of hydrogen-bond donors (Lipinski definition) is 2. The first-order chi connectivity index (χ1) is 7.69. The van der Waals surface area contributed by atoms with Gasteiger partial charge in [-0.1, -0.05) is 6.92 Å². The maximum absolute atomic E-state index is 10.9. The Hall–Kier alpha value is -1.43. The second kappa shape index (κ2) is 4.61. The summed E-state index contributed by atoms with van der Waals surface area (Å²) in [6.45, 7) is 5.14. The highest BCUT2D eigenvalue weighted by atomic mass is 16.2. The third-order valence-electron chi connectivity index (χ3n) is 2.91. The summed E-state index contributed by atoms with van der Waals surface area (Å²) >= 11 is 0. The second-order valence-corrected chi connectivity index (χ2v) is 4.08. The van der Waals surface area contributed by atoms with E-state index in [4.69, 9.17) is 0 Å². The lowest BCUT2D eigenvalue weighted by Crippen LogP contribution is -2.39. The number of amides is 2. The summed E-state index contributed by atoms with van der Waals surface area (Å²) in [4.78, 5) is 28.5. The Bertz CT molecular complexity index is 322. The van der Waals surface area contributed by atoms with Gasteiger partial charge in [-0.15, -0.1) is 0 Å². The Kier molecular flexibility index (Phi) is 3.19. The molecule has 2 aliphatic rings. The summed E-state index contributed by atoms with van der Waals surface area (Å²) in [6.07, 6.45) is 2.11. The number of carbonyl (C=O) groups excluding carboxylic acids is 2. The Balaban J connectivity index is 1.96. The van der Waals surface area contributed by atoms with E-state index < -0.39 is 11.8 Å². The van der Waals surface area contributed by atoms with Crippen LogP contribution in [0.25, 0.3) is 0 Å². The maximum atomic E-state index is 10.9. The largest absolute Gasteiger partial charge is 0.316 e. The Labute approximate surface area is 94.1 Å². The van der Waals surface area contributed by atoms with Gasteiger partial charge in [-0.05, 0) is 25.9 Å². The quantitative estimate of drug-likeness (QED) is 0.595. The van der Waals surface area contributed by atoms with Crippen molar-refractivity contribution in [1.29, 1.82) is 0 Å². The molecule has 0 aromatic rings. The van der Waals surface area contributed by atoms with E-state index in [-0.39, 0.29) is 6.04 Å². The number of hydrogen-bond acceptors (Lipinski definition) is 4. The molecule has 6 nitrogen and oxygen atoms in total. The van der Waals surface area contributed by atoms with Gasteiger partial charge in [-0.2, -0.15) is 0 Å². The van der Waals surface area contributed by atoms with Gasteiger partial charge in [0.05, 0.1) is 6.04 Å². The molecule has 88 valence electrons. The van der Waals surface area contributed by atoms with Gasteiger partial charge < -0.3 is 4.90 Å². The van der Waals surface area contributed by atoms with E-state index in [1.165, 1.54) is 0 Å². The predicted octanol–water partition coefficient (Wildman–Crippen LogP) is -0.927. The van der Waals surface area contributed by atoms with Crippen molar-refractivity contribution in [3.63, 3.8) is 0 Å². The van der Waals surface area contributed by atoms with Crippen molar-refractivity contribution < 1.29 is 9.59 Å². The standard InChI is InChI=1S/C10H16N4O2/c1-2-14-5-3-4-7(6-14)11-10-12-8(15)9(16)13-10/h7H,2-6H2,1H3,(H2,11,12,13,15,16). The summed E-state index contributed by atoms with van der Waals surface area (Å²) in [5, 5.41) is 4.83. The van der Waals surface area contributed by atoms with Gasteiger partial charge in [0.2, 0.25) is 5.96 Å². The van der Waals surface area contributed by atoms with E-state index in [9.17, 15) is 9.59 Å². The summed E-state index contributed by atoms with van der Waals surface area (Å²) in [5.41, 5.74) is 0. The second-order valence-electron chi connectivity index (χ2n) is 4.08. The number of rotatable bonds is 2. The summed E-state index contributed by atoms with van der Waals surface area (Å²) < 4.78 is 0. The van der Waals surface area contributed by atoms with Crippen molar-refractivity contribution in [1.82, 2.24) is 15.5 Å². The van der Waals surface area contributed by atoms with Crippen LogP contribution in [0.4, 0.5) is 0 Å². The fourth-order valence-electron chi connectivity index (χ4n) is 2.03. The van der Waals surface area contributed by atoms with Crippen LogP contribution in [0.5, 0.6) is 0 Å². The van der Waals surface area contributed by atoms with Crippen molar-refractivity contribution in [2.24, 2.45) is 4.99 Å². The average molecular weight is 224 g/mol. The maximum Gasteiger partial charge on any atom is 0.316 e. The summed E-state index contributed by atoms with van der Waals surface area (Å²) in [6, 6.07) is 0.169. The lowest BCUT2D eigenvalue weighted by atomic mass is 10.1. The minimum atomic E-state index is -0.623. The van der Waals surface area contributed by atoms with Crippen molar-refractivity contribution in [3.8, 4) is 0 Å². The highest BCUT2D eigenvalue weighted by Crippen LogP contribution is 2.12. The highest BCUT2D eigenvalue weighted by Gasteiger charge is 2.27. The van der Waals surface area contributed by atoms with Crippen molar-refractivity contribution in [3.05, 3.63) is 0 Å². The first-order valence-electron chi connectivity index (χ1n) is 5.61. The summed E-state index contributed by atoms with van der Waals surface area (Å²) in [7, 11) is 0. The smallest absolute Gasteiger partial charge is 0.301 e. The zero-order chi connectivity index (χ0) is 11.5. The van der Waals surface area contributed by atoms with Gasteiger partial charge in [-0.25, -0.2) is 4.99 Å². The van der Waals surface area contributed by atoms with E-state index in [1.54, 1.807) is 0 Å². The molecule has 1 atom stereocenters. The van der Waals surface area contributed by atoms with Crippen molar-refractivity contribution >= 4 is 17.8 Å². The minimum Gasteiger partial charge on any atom is -0.301 e. The molecule has 6 heteroatoms. The lowest BCUT2D eigenvalue weighted by Gasteiger charge is -2.29. The highest BCUT2D eigenvalue weighted by molar-refractivity contribution is 6.45. The number of nitrogens with one attached hydrogen (secondary N) is 2. The molecule has 2 rings (SSSR count). The Morgan fingerprint density at radius 2 is 2.06 bits per heavy atom. The molecular formula is C10H16N4O2. The van der Waals surface area contributed by atoms with Gasteiger partial charge in [0, 0.05) is 6.54 Å². The molecule has 16 heavy (non-hydrogen) atoms. The van der Waals surface area contributed by atoms with Crippen LogP contribution in [0.2, 0.25) is 0 Å². The summed E-state index contributed by atoms with van der Waals surface area (Å²) in [5.74, 6) is -0.943. The van der Waals surface area contributed by atoms with Crippen LogP contribution >= 0.6 is 0 Å². The Morgan fingerprint density at radius 1 is 1.38 bits per heavy atom. The molecule has 0 saturated carbocycles. The molecule has 2 fully saturated rings. The number of piperidine rings is 1. The van der Waals surface area contributed by atoms with Gasteiger partial charge in [0.15, 0.2) is 0 Å². The number of nitrogens with zero attached hydrogens (tertiary/aromatic N) is 2. The van der Waals surface area contributed by atoms with Crippen LogP contribution in [-0.4, -0.2) is 48.3 Å². The topological polar surface area (TPSA) is 73.8 Å². The monoisotopic (exact) mass is 224 g/mol. The number of guanidine groups is 1. The number of likely N-dealkylation sites (N-methyl/N-ethyl adjacent to an activating group) is 1. The molecule has 1 unspecified atom stereocenters. The number of likely N-dealkylation sites (tertiary alicyclic amines) is 1. The fourth-order valence-corrected chi connectivity index (χ4v) is 2.03. The normalized spacial score (nSPS) is 26.6. The van der Waals surface area contributed by atoms with Gasteiger partial charge in [0.1, 0.15) is 0 Å². The number of carbonyl (C=O) groups is 2. The Morgan fingerprint density at radius 3 is 2.69 bits per heavy atom. The molecule has 0 radical (unpaired) electrons. The lowest BCUT2D eigenvalue weighted by molar-refractivity contribution is -0.135. The molecular weight excluding hydrogens is 208 g/mol. The van der Waals surface area contributed by atoms with Crippen LogP contribution in [0.15, 0.2) is 4.99 Å². The molecule has 0 aromatic heterocycles. The van der Waals surface area contributed by atoms with Crippen LogP contribution in [0.1, 0.15) is 19.8 Å². The minimum absolute atomic E-state index is 0.169. The first kappa shape index (κ1) is 11.1. The van der Waals surface area contributed by atoms with Crippen LogP contribution in [0.3, 0.4) is 0 Å². The first-order valence-corrected chi connectivity index (χ1v) is 5.61. The molecule has 0 spiro atoms. The molecule has 0 aliphatic carbocycles. The van der Waals surface area contributed by atoms with Gasteiger partial charge in [0.25, 0.3) is 0 Å². The molecule has 0 aromatic carbocycles. The van der Waals surface area contributed by atoms with E-state index in [2.05, 4.69) is 27.4 Å². The molecule has 2 N–H and O–H groups in total. The van der Waals surface area contributed by atoms with E-state index in [0.29, 0.717) is 5.96 Å².